The third-order valence-electron chi connectivity index (χ3n) is 1.93. The van der Waals surface area contributed by atoms with Gasteiger partial charge in [-0.1, -0.05) is 37.3 Å². The van der Waals surface area contributed by atoms with Crippen molar-refractivity contribution >= 4 is 0 Å². The largest absolute Gasteiger partial charge is 0.302 e. The smallest absolute Gasteiger partial charge is 0.0575 e. The van der Waals surface area contributed by atoms with Gasteiger partial charge in [-0.3, -0.25) is 0 Å². The second kappa shape index (κ2) is 5.73. The maximum absolute atomic E-state index is 5.23. The van der Waals surface area contributed by atoms with Crippen LogP contribution in [0.5, 0.6) is 0 Å². The number of hydroxylamine groups is 2. The third-order valence-corrected chi connectivity index (χ3v) is 1.93. The Hall–Kier alpha value is -0.860. The van der Waals surface area contributed by atoms with Gasteiger partial charge in [0.2, 0.25) is 0 Å². The molecular formula is C11H17NO. The van der Waals surface area contributed by atoms with Crippen LogP contribution in [0.1, 0.15) is 18.9 Å². The fourth-order valence-electron chi connectivity index (χ4n) is 1.27. The molecule has 0 aliphatic rings. The van der Waals surface area contributed by atoms with Gasteiger partial charge >= 0.3 is 0 Å². The van der Waals surface area contributed by atoms with Crippen molar-refractivity contribution in [1.82, 2.24) is 5.06 Å². The molecule has 0 aliphatic carbocycles. The van der Waals surface area contributed by atoms with E-state index in [1.807, 2.05) is 11.1 Å². The molecule has 0 saturated carbocycles. The second-order valence-corrected chi connectivity index (χ2v) is 3.03. The van der Waals surface area contributed by atoms with Crippen LogP contribution in [-0.2, 0) is 11.4 Å². The van der Waals surface area contributed by atoms with Crippen LogP contribution in [0.3, 0.4) is 0 Å². The molecule has 2 heteroatoms. The zero-order chi connectivity index (χ0) is 9.52. The lowest BCUT2D eigenvalue weighted by molar-refractivity contribution is -0.138. The SMILES string of the molecule is CCCN(Cc1ccccc1)OC. The van der Waals surface area contributed by atoms with E-state index >= 15 is 0 Å². The Labute approximate surface area is 80.1 Å². The van der Waals surface area contributed by atoms with Crippen LogP contribution in [0.2, 0.25) is 0 Å². The normalized spacial score (nSPS) is 10.7. The van der Waals surface area contributed by atoms with E-state index in [-0.39, 0.29) is 0 Å². The Morgan fingerprint density at radius 1 is 1.23 bits per heavy atom. The van der Waals surface area contributed by atoms with E-state index in [0.29, 0.717) is 0 Å². The first-order chi connectivity index (χ1) is 6.36. The summed E-state index contributed by atoms with van der Waals surface area (Å²) in [5.41, 5.74) is 1.29. The lowest BCUT2D eigenvalue weighted by Gasteiger charge is -2.18. The summed E-state index contributed by atoms with van der Waals surface area (Å²) in [6, 6.07) is 10.4. The summed E-state index contributed by atoms with van der Waals surface area (Å²) in [6.45, 7) is 3.99. The van der Waals surface area contributed by atoms with Gasteiger partial charge in [0.1, 0.15) is 0 Å². The van der Waals surface area contributed by atoms with E-state index in [0.717, 1.165) is 19.5 Å². The maximum Gasteiger partial charge on any atom is 0.0575 e. The minimum absolute atomic E-state index is 0.866. The Morgan fingerprint density at radius 2 is 1.92 bits per heavy atom. The van der Waals surface area contributed by atoms with Crippen LogP contribution < -0.4 is 0 Å². The van der Waals surface area contributed by atoms with Crippen LogP contribution in [0.4, 0.5) is 0 Å². The molecule has 0 radical (unpaired) electrons. The van der Waals surface area contributed by atoms with Crippen molar-refractivity contribution in [2.24, 2.45) is 0 Å². The molecule has 1 aromatic carbocycles. The highest BCUT2D eigenvalue weighted by atomic mass is 16.7. The van der Waals surface area contributed by atoms with Crippen molar-refractivity contribution in [2.45, 2.75) is 19.9 Å². The Morgan fingerprint density at radius 3 is 2.46 bits per heavy atom. The Bertz CT molecular complexity index is 223. The molecule has 2 nitrogen and oxygen atoms in total. The number of hydrogen-bond acceptors (Lipinski definition) is 2. The topological polar surface area (TPSA) is 12.5 Å². The Balaban J connectivity index is 2.46. The quantitative estimate of drug-likeness (QED) is 0.644. The molecule has 0 unspecified atom stereocenters. The summed E-state index contributed by atoms with van der Waals surface area (Å²) in [5, 5.41) is 1.97. The van der Waals surface area contributed by atoms with E-state index < -0.39 is 0 Å². The van der Waals surface area contributed by atoms with Crippen molar-refractivity contribution in [2.75, 3.05) is 13.7 Å². The molecule has 0 atom stereocenters. The lowest BCUT2D eigenvalue weighted by atomic mass is 10.2. The van der Waals surface area contributed by atoms with Gasteiger partial charge in [-0.05, 0) is 12.0 Å². The molecule has 13 heavy (non-hydrogen) atoms. The van der Waals surface area contributed by atoms with Gasteiger partial charge in [0, 0.05) is 13.1 Å². The molecule has 0 N–H and O–H groups in total. The molecule has 1 aromatic rings. The molecule has 72 valence electrons. The molecule has 0 bridgehead atoms. The maximum atomic E-state index is 5.23. The van der Waals surface area contributed by atoms with Crippen molar-refractivity contribution in [3.63, 3.8) is 0 Å². The summed E-state index contributed by atoms with van der Waals surface area (Å²) in [7, 11) is 1.72. The molecule has 0 saturated heterocycles. The highest BCUT2D eigenvalue weighted by Crippen LogP contribution is 2.04. The van der Waals surface area contributed by atoms with Gasteiger partial charge < -0.3 is 4.84 Å². The minimum atomic E-state index is 0.866. The molecule has 1 rings (SSSR count). The van der Waals surface area contributed by atoms with Crippen LogP contribution in [-0.4, -0.2) is 18.7 Å². The predicted octanol–water partition coefficient (Wildman–Crippen LogP) is 2.46. The number of hydrogen-bond donors (Lipinski definition) is 0. The van der Waals surface area contributed by atoms with Crippen LogP contribution in [0.25, 0.3) is 0 Å². The molecule has 0 spiro atoms. The van der Waals surface area contributed by atoms with Crippen molar-refractivity contribution in [3.8, 4) is 0 Å². The molecule has 0 heterocycles. The van der Waals surface area contributed by atoms with E-state index in [1.54, 1.807) is 7.11 Å². The summed E-state index contributed by atoms with van der Waals surface area (Å²) in [5.74, 6) is 0. The molecule has 0 amide bonds. The number of rotatable bonds is 5. The minimum Gasteiger partial charge on any atom is -0.302 e. The van der Waals surface area contributed by atoms with E-state index in [1.165, 1.54) is 5.56 Å². The average molecular weight is 179 g/mol. The van der Waals surface area contributed by atoms with Crippen LogP contribution in [0.15, 0.2) is 30.3 Å². The fraction of sp³-hybridized carbons (Fsp3) is 0.455. The van der Waals surface area contributed by atoms with Crippen molar-refractivity contribution in [3.05, 3.63) is 35.9 Å². The van der Waals surface area contributed by atoms with Gasteiger partial charge in [-0.2, -0.15) is 5.06 Å². The number of nitrogens with zero attached hydrogens (tertiary/aromatic N) is 1. The van der Waals surface area contributed by atoms with E-state index in [9.17, 15) is 0 Å². The first kappa shape index (κ1) is 10.2. The van der Waals surface area contributed by atoms with E-state index in [4.69, 9.17) is 4.84 Å². The van der Waals surface area contributed by atoms with E-state index in [2.05, 4.69) is 31.2 Å². The van der Waals surface area contributed by atoms with Gasteiger partial charge in [0.15, 0.2) is 0 Å². The van der Waals surface area contributed by atoms with Gasteiger partial charge in [0.05, 0.1) is 7.11 Å². The zero-order valence-corrected chi connectivity index (χ0v) is 8.36. The van der Waals surface area contributed by atoms with Gasteiger partial charge in [-0.25, -0.2) is 0 Å². The van der Waals surface area contributed by atoms with Crippen LogP contribution in [0, 0.1) is 0 Å². The summed E-state index contributed by atoms with van der Waals surface area (Å²) in [6.07, 6.45) is 1.11. The highest BCUT2D eigenvalue weighted by Gasteiger charge is 2.01. The van der Waals surface area contributed by atoms with Crippen molar-refractivity contribution in [1.29, 1.82) is 0 Å². The summed E-state index contributed by atoms with van der Waals surface area (Å²) >= 11 is 0. The van der Waals surface area contributed by atoms with Crippen molar-refractivity contribution < 1.29 is 4.84 Å². The highest BCUT2D eigenvalue weighted by molar-refractivity contribution is 5.14. The monoisotopic (exact) mass is 179 g/mol. The zero-order valence-electron chi connectivity index (χ0n) is 8.36. The summed E-state index contributed by atoms with van der Waals surface area (Å²) < 4.78 is 0. The van der Waals surface area contributed by atoms with Gasteiger partial charge in [-0.15, -0.1) is 0 Å². The average Bonchev–Trinajstić information content (AvgIpc) is 2.19. The first-order valence-corrected chi connectivity index (χ1v) is 4.69. The lowest BCUT2D eigenvalue weighted by Crippen LogP contribution is -2.22. The number of benzene rings is 1. The Kier molecular flexibility index (Phi) is 4.50. The molecule has 0 aliphatic heterocycles. The predicted molar refractivity (Wildman–Crippen MR) is 54.2 cm³/mol. The summed E-state index contributed by atoms with van der Waals surface area (Å²) in [4.78, 5) is 5.23. The van der Waals surface area contributed by atoms with Crippen LogP contribution >= 0.6 is 0 Å². The standard InChI is InChI=1S/C11H17NO/c1-3-9-12(13-2)10-11-7-5-4-6-8-11/h4-8H,3,9-10H2,1-2H3. The van der Waals surface area contributed by atoms with Gasteiger partial charge in [0.25, 0.3) is 0 Å². The first-order valence-electron chi connectivity index (χ1n) is 4.69. The molecular weight excluding hydrogens is 162 g/mol. The molecule has 0 aromatic heterocycles. The third kappa shape index (κ3) is 3.57. The fourth-order valence-corrected chi connectivity index (χ4v) is 1.27. The molecule has 0 fully saturated rings. The second-order valence-electron chi connectivity index (χ2n) is 3.03.